The van der Waals surface area contributed by atoms with Gasteiger partial charge in [-0.25, -0.2) is 19.9 Å². The van der Waals surface area contributed by atoms with Gasteiger partial charge in [-0.2, -0.15) is 0 Å². The van der Waals surface area contributed by atoms with E-state index in [4.69, 9.17) is 24.4 Å². The molecule has 6 nitrogen and oxygen atoms in total. The van der Waals surface area contributed by atoms with E-state index < -0.39 is 0 Å². The van der Waals surface area contributed by atoms with Gasteiger partial charge in [0.2, 0.25) is 0 Å². The Morgan fingerprint density at radius 1 is 0.344 bits per heavy atom. The molecular formula is C58H35N5O. The third-order valence-electron chi connectivity index (χ3n) is 12.4. The van der Waals surface area contributed by atoms with Gasteiger partial charge in [0.25, 0.3) is 0 Å². The number of furan rings is 1. The quantitative estimate of drug-likeness (QED) is 0.156. The summed E-state index contributed by atoms with van der Waals surface area (Å²) in [5.74, 6) is 1.72. The maximum absolute atomic E-state index is 6.45. The topological polar surface area (TPSA) is 69.6 Å². The number of pyridine rings is 1. The van der Waals surface area contributed by atoms with E-state index in [0.717, 1.165) is 83.0 Å². The lowest BCUT2D eigenvalue weighted by atomic mass is 9.94. The molecule has 0 aliphatic rings. The molecule has 0 bridgehead atoms. The standard InChI is InChI=1S/C58H35N5O/c1-4-16-37(17-5-1)52-47-35-34-44-42-22-10-12-28-49(42)63(40-20-8-3-9-21-40)54(44)51(47)46-26-14-24-41(53(46)59-52)36-30-32-39(33-31-36)57-60-56(38-18-6-2-7-19-38)61-58(62-57)48-27-15-25-45-43-23-11-13-29-50(43)64-55(45)48/h1-35H. The van der Waals surface area contributed by atoms with E-state index in [9.17, 15) is 0 Å². The van der Waals surface area contributed by atoms with Gasteiger partial charge >= 0.3 is 0 Å². The van der Waals surface area contributed by atoms with Crippen molar-refractivity contribution in [2.24, 2.45) is 0 Å². The SMILES string of the molecule is c1ccc(-c2nc(-c3ccc(-c4cccc5c4nc(-c4ccccc4)c4ccc6c7ccccc7n(-c7ccccc7)c6c45)cc3)nc(-c3cccc4c3oc3ccccc34)n2)cc1. The second-order valence-electron chi connectivity index (χ2n) is 16.1. The Hall–Kier alpha value is -8.74. The molecule has 4 heterocycles. The highest BCUT2D eigenvalue weighted by atomic mass is 16.3. The van der Waals surface area contributed by atoms with Crippen LogP contribution in [0.3, 0.4) is 0 Å². The van der Waals surface area contributed by atoms with Crippen molar-refractivity contribution in [3.63, 3.8) is 0 Å². The van der Waals surface area contributed by atoms with Crippen molar-refractivity contribution in [2.75, 3.05) is 0 Å². The van der Waals surface area contributed by atoms with Gasteiger partial charge < -0.3 is 8.98 Å². The van der Waals surface area contributed by atoms with Gasteiger partial charge in [-0.15, -0.1) is 0 Å². The molecule has 13 aromatic rings. The van der Waals surface area contributed by atoms with Crippen molar-refractivity contribution in [2.45, 2.75) is 0 Å². The average Bonchev–Trinajstić information content (AvgIpc) is 3.93. The highest BCUT2D eigenvalue weighted by Crippen LogP contribution is 2.44. The van der Waals surface area contributed by atoms with Crippen LogP contribution in [-0.4, -0.2) is 24.5 Å². The van der Waals surface area contributed by atoms with Gasteiger partial charge in [0.05, 0.1) is 27.8 Å². The molecule has 0 aliphatic carbocycles. The first-order chi connectivity index (χ1) is 31.7. The summed E-state index contributed by atoms with van der Waals surface area (Å²) in [6.45, 7) is 0. The van der Waals surface area contributed by atoms with E-state index in [1.54, 1.807) is 0 Å². The van der Waals surface area contributed by atoms with Crippen molar-refractivity contribution in [1.82, 2.24) is 24.5 Å². The number of para-hydroxylation sites is 5. The van der Waals surface area contributed by atoms with Crippen LogP contribution in [0.1, 0.15) is 0 Å². The molecule has 0 saturated heterocycles. The first-order valence-electron chi connectivity index (χ1n) is 21.5. The Morgan fingerprint density at radius 2 is 0.906 bits per heavy atom. The normalized spacial score (nSPS) is 11.8. The second kappa shape index (κ2) is 14.4. The van der Waals surface area contributed by atoms with E-state index in [2.05, 4.69) is 156 Å². The molecule has 298 valence electrons. The van der Waals surface area contributed by atoms with Crippen molar-refractivity contribution < 1.29 is 4.42 Å². The summed E-state index contributed by atoms with van der Waals surface area (Å²) in [4.78, 5) is 20.8. The Balaban J connectivity index is 1.02. The molecule has 0 saturated carbocycles. The van der Waals surface area contributed by atoms with Crippen molar-refractivity contribution >= 4 is 65.4 Å². The first-order valence-corrected chi connectivity index (χ1v) is 21.5. The van der Waals surface area contributed by atoms with Crippen LogP contribution in [0, 0.1) is 0 Å². The number of rotatable bonds is 6. The molecule has 4 aromatic heterocycles. The van der Waals surface area contributed by atoms with Crippen molar-refractivity contribution in [3.8, 4) is 62.2 Å². The summed E-state index contributed by atoms with van der Waals surface area (Å²) >= 11 is 0. The van der Waals surface area contributed by atoms with Crippen LogP contribution in [0.25, 0.3) is 128 Å². The van der Waals surface area contributed by atoms with E-state index in [0.29, 0.717) is 17.5 Å². The molecule has 6 heteroatoms. The molecule has 9 aromatic carbocycles. The predicted octanol–water partition coefficient (Wildman–Crippen LogP) is 14.9. The van der Waals surface area contributed by atoms with Crippen molar-refractivity contribution in [1.29, 1.82) is 0 Å². The van der Waals surface area contributed by atoms with Gasteiger partial charge in [-0.3, -0.25) is 0 Å². The molecule has 0 radical (unpaired) electrons. The van der Waals surface area contributed by atoms with Crippen LogP contribution in [0.15, 0.2) is 217 Å². The monoisotopic (exact) mass is 817 g/mol. The Bertz CT molecular complexity index is 3930. The molecular weight excluding hydrogens is 783 g/mol. The molecule has 0 aliphatic heterocycles. The first kappa shape index (κ1) is 36.0. The van der Waals surface area contributed by atoms with Gasteiger partial charge in [0, 0.05) is 65.6 Å². The average molecular weight is 818 g/mol. The molecule has 0 N–H and O–H groups in total. The molecule has 64 heavy (non-hydrogen) atoms. The van der Waals surface area contributed by atoms with Crippen molar-refractivity contribution in [3.05, 3.63) is 212 Å². The number of fused-ring (bicyclic) bond motifs is 10. The lowest BCUT2D eigenvalue weighted by Gasteiger charge is -2.16. The predicted molar refractivity (Wildman–Crippen MR) is 261 cm³/mol. The fourth-order valence-corrected chi connectivity index (χ4v) is 9.52. The Labute approximate surface area is 367 Å². The van der Waals surface area contributed by atoms with Crippen LogP contribution in [0.5, 0.6) is 0 Å². The summed E-state index contributed by atoms with van der Waals surface area (Å²) in [7, 11) is 0. The van der Waals surface area contributed by atoms with Crippen LogP contribution in [0.4, 0.5) is 0 Å². The molecule has 0 fully saturated rings. The van der Waals surface area contributed by atoms with Gasteiger partial charge in [-0.1, -0.05) is 182 Å². The van der Waals surface area contributed by atoms with E-state index in [1.165, 1.54) is 27.2 Å². The number of hydrogen-bond acceptors (Lipinski definition) is 5. The summed E-state index contributed by atoms with van der Waals surface area (Å²) in [6.07, 6.45) is 0. The Kier molecular flexibility index (Phi) is 8.11. The van der Waals surface area contributed by atoms with Crippen LogP contribution < -0.4 is 0 Å². The smallest absolute Gasteiger partial charge is 0.167 e. The van der Waals surface area contributed by atoms with Gasteiger partial charge in [0.15, 0.2) is 17.5 Å². The minimum Gasteiger partial charge on any atom is -0.455 e. The summed E-state index contributed by atoms with van der Waals surface area (Å²) in [5, 5.41) is 7.87. The minimum atomic E-state index is 0.551. The van der Waals surface area contributed by atoms with E-state index >= 15 is 0 Å². The zero-order valence-corrected chi connectivity index (χ0v) is 34.4. The highest BCUT2D eigenvalue weighted by molar-refractivity contribution is 6.28. The van der Waals surface area contributed by atoms with Gasteiger partial charge in [0.1, 0.15) is 11.2 Å². The summed E-state index contributed by atoms with van der Waals surface area (Å²) < 4.78 is 8.87. The molecule has 0 spiro atoms. The molecule has 13 rings (SSSR count). The largest absolute Gasteiger partial charge is 0.455 e. The van der Waals surface area contributed by atoms with E-state index in [1.807, 2.05) is 60.7 Å². The van der Waals surface area contributed by atoms with Gasteiger partial charge in [-0.05, 0) is 35.9 Å². The number of aromatic nitrogens is 5. The number of nitrogens with zero attached hydrogens (tertiary/aromatic N) is 5. The number of benzene rings is 9. The Morgan fingerprint density at radius 3 is 1.67 bits per heavy atom. The second-order valence-corrected chi connectivity index (χ2v) is 16.1. The third kappa shape index (κ3) is 5.66. The maximum Gasteiger partial charge on any atom is 0.167 e. The fourth-order valence-electron chi connectivity index (χ4n) is 9.52. The highest BCUT2D eigenvalue weighted by Gasteiger charge is 2.22. The van der Waals surface area contributed by atoms with E-state index in [-0.39, 0.29) is 0 Å². The summed E-state index contributed by atoms with van der Waals surface area (Å²) in [5.41, 5.74) is 12.7. The molecule has 0 amide bonds. The minimum absolute atomic E-state index is 0.551. The maximum atomic E-state index is 6.45. The lowest BCUT2D eigenvalue weighted by Crippen LogP contribution is -2.00. The van der Waals surface area contributed by atoms with Crippen LogP contribution in [-0.2, 0) is 0 Å². The van der Waals surface area contributed by atoms with Crippen LogP contribution >= 0.6 is 0 Å². The lowest BCUT2D eigenvalue weighted by molar-refractivity contribution is 0.669. The zero-order chi connectivity index (χ0) is 42.1. The zero-order valence-electron chi connectivity index (χ0n) is 34.4. The fraction of sp³-hybridized carbons (Fsp3) is 0. The molecule has 0 unspecified atom stereocenters. The number of hydrogen-bond donors (Lipinski definition) is 0. The van der Waals surface area contributed by atoms with Crippen LogP contribution in [0.2, 0.25) is 0 Å². The third-order valence-corrected chi connectivity index (χ3v) is 12.4. The summed E-state index contributed by atoms with van der Waals surface area (Å²) in [6, 6.07) is 73.9. The molecule has 0 atom stereocenters.